The van der Waals surface area contributed by atoms with Gasteiger partial charge in [0.05, 0.1) is 23.4 Å². The molecule has 0 aliphatic rings. The van der Waals surface area contributed by atoms with Crippen LogP contribution < -0.4 is 5.32 Å². The first-order valence-corrected chi connectivity index (χ1v) is 6.93. The Balaban J connectivity index is 2.22. The van der Waals surface area contributed by atoms with Crippen LogP contribution in [0, 0.1) is 0 Å². The van der Waals surface area contributed by atoms with Gasteiger partial charge in [0.1, 0.15) is 0 Å². The van der Waals surface area contributed by atoms with Crippen molar-refractivity contribution in [3.8, 4) is 0 Å². The molecule has 0 aliphatic carbocycles. The zero-order valence-electron chi connectivity index (χ0n) is 12.2. The summed E-state index contributed by atoms with van der Waals surface area (Å²) in [6.45, 7) is 2.50. The summed E-state index contributed by atoms with van der Waals surface area (Å²) in [7, 11) is 1.89. The van der Waals surface area contributed by atoms with Gasteiger partial charge in [0.15, 0.2) is 5.78 Å². The minimum atomic E-state index is -0.897. The van der Waals surface area contributed by atoms with Gasteiger partial charge in [-0.3, -0.25) is 9.59 Å². The maximum atomic E-state index is 12.5. The van der Waals surface area contributed by atoms with Crippen LogP contribution in [0.4, 0.5) is 0 Å². The lowest BCUT2D eigenvalue weighted by molar-refractivity contribution is -0.137. The first-order valence-electron chi connectivity index (χ1n) is 6.93. The Morgan fingerprint density at radius 1 is 1.43 bits per heavy atom. The van der Waals surface area contributed by atoms with E-state index in [0.717, 1.165) is 11.0 Å². The second-order valence-corrected chi connectivity index (χ2v) is 4.97. The van der Waals surface area contributed by atoms with E-state index in [1.165, 1.54) is 0 Å². The van der Waals surface area contributed by atoms with E-state index < -0.39 is 12.0 Å². The van der Waals surface area contributed by atoms with Crippen LogP contribution in [0.2, 0.25) is 0 Å². The number of fused-ring (bicyclic) bond motifs is 1. The number of likely N-dealkylation sites (N-methyl/N-ethyl adjacent to an activating group) is 1. The number of benzene rings is 1. The number of carbonyl (C=O) groups is 2. The van der Waals surface area contributed by atoms with Gasteiger partial charge < -0.3 is 15.0 Å². The van der Waals surface area contributed by atoms with Gasteiger partial charge in [0.25, 0.3) is 0 Å². The van der Waals surface area contributed by atoms with Crippen molar-refractivity contribution in [2.24, 2.45) is 7.05 Å². The molecule has 0 amide bonds. The van der Waals surface area contributed by atoms with Gasteiger partial charge in [0, 0.05) is 19.0 Å². The predicted molar refractivity (Wildman–Crippen MR) is 79.4 cm³/mol. The first kappa shape index (κ1) is 15.2. The maximum Gasteiger partial charge on any atom is 0.303 e. The fourth-order valence-corrected chi connectivity index (χ4v) is 2.33. The lowest BCUT2D eigenvalue weighted by atomic mass is 9.99. The summed E-state index contributed by atoms with van der Waals surface area (Å²) in [5.74, 6) is -0.989. The molecule has 0 radical (unpaired) electrons. The molecule has 0 aliphatic heterocycles. The Kier molecular flexibility index (Phi) is 4.70. The Labute approximate surface area is 122 Å². The second kappa shape index (κ2) is 6.49. The number of hydrogen-bond donors (Lipinski definition) is 2. The highest BCUT2D eigenvalue weighted by molar-refractivity contribution is 6.02. The highest BCUT2D eigenvalue weighted by atomic mass is 16.4. The molecule has 1 unspecified atom stereocenters. The third kappa shape index (κ3) is 3.46. The van der Waals surface area contributed by atoms with E-state index in [0.29, 0.717) is 12.1 Å². The van der Waals surface area contributed by atoms with Gasteiger partial charge in [-0.1, -0.05) is 6.92 Å². The molecule has 2 N–H and O–H groups in total. The molecular formula is C15H19N3O3. The van der Waals surface area contributed by atoms with E-state index >= 15 is 0 Å². The monoisotopic (exact) mass is 289 g/mol. The van der Waals surface area contributed by atoms with Gasteiger partial charge in [0.2, 0.25) is 0 Å². The van der Waals surface area contributed by atoms with Crippen molar-refractivity contribution in [1.29, 1.82) is 0 Å². The van der Waals surface area contributed by atoms with Crippen LogP contribution in [0.1, 0.15) is 30.1 Å². The molecule has 1 heterocycles. The molecule has 112 valence electrons. The molecule has 0 saturated heterocycles. The number of nitrogens with one attached hydrogen (secondary N) is 1. The number of aryl methyl sites for hydroxylation is 1. The number of carboxylic acid groups (broad SMARTS) is 1. The SMILES string of the molecule is CCNC(CCC(=O)O)C(=O)c1ccc2c(c1)ncn2C. The fourth-order valence-electron chi connectivity index (χ4n) is 2.33. The number of nitrogens with zero attached hydrogens (tertiary/aromatic N) is 2. The topological polar surface area (TPSA) is 84.2 Å². The Hall–Kier alpha value is -2.21. The van der Waals surface area contributed by atoms with Gasteiger partial charge >= 0.3 is 5.97 Å². The highest BCUT2D eigenvalue weighted by Gasteiger charge is 2.20. The van der Waals surface area contributed by atoms with E-state index in [1.807, 2.05) is 24.6 Å². The van der Waals surface area contributed by atoms with E-state index in [-0.39, 0.29) is 18.6 Å². The number of aromatic nitrogens is 2. The van der Waals surface area contributed by atoms with Crippen molar-refractivity contribution >= 4 is 22.8 Å². The standard InChI is InChI=1S/C15H19N3O3/c1-3-16-11(5-7-14(19)20)15(21)10-4-6-13-12(8-10)17-9-18(13)2/h4,6,8-9,11,16H,3,5,7H2,1-2H3,(H,19,20). The van der Waals surface area contributed by atoms with Crippen molar-refractivity contribution in [2.45, 2.75) is 25.8 Å². The summed E-state index contributed by atoms with van der Waals surface area (Å²) in [6.07, 6.45) is 1.95. The zero-order valence-corrected chi connectivity index (χ0v) is 12.2. The molecule has 1 aromatic carbocycles. The quantitative estimate of drug-likeness (QED) is 0.756. The van der Waals surface area contributed by atoms with Crippen LogP contribution in [0.3, 0.4) is 0 Å². The zero-order chi connectivity index (χ0) is 15.4. The molecular weight excluding hydrogens is 270 g/mol. The van der Waals surface area contributed by atoms with Gasteiger partial charge in [-0.25, -0.2) is 4.98 Å². The number of Topliss-reactive ketones (excluding diaryl/α,β-unsaturated/α-hetero) is 1. The van der Waals surface area contributed by atoms with E-state index in [2.05, 4.69) is 10.3 Å². The molecule has 2 rings (SSSR count). The van der Waals surface area contributed by atoms with Crippen molar-refractivity contribution in [3.05, 3.63) is 30.1 Å². The summed E-state index contributed by atoms with van der Waals surface area (Å²) in [6, 6.07) is 4.89. The molecule has 21 heavy (non-hydrogen) atoms. The number of carbonyl (C=O) groups excluding carboxylic acids is 1. The minimum absolute atomic E-state index is 0.0325. The van der Waals surface area contributed by atoms with E-state index in [1.54, 1.807) is 18.5 Å². The van der Waals surface area contributed by atoms with Crippen LogP contribution in [-0.2, 0) is 11.8 Å². The number of hydrogen-bond acceptors (Lipinski definition) is 4. The van der Waals surface area contributed by atoms with Crippen molar-refractivity contribution in [1.82, 2.24) is 14.9 Å². The Morgan fingerprint density at radius 3 is 2.86 bits per heavy atom. The van der Waals surface area contributed by atoms with Crippen LogP contribution in [-0.4, -0.2) is 39.0 Å². The molecule has 1 aromatic heterocycles. The van der Waals surface area contributed by atoms with Gasteiger partial charge in [-0.2, -0.15) is 0 Å². The lowest BCUT2D eigenvalue weighted by Gasteiger charge is -2.15. The Bertz CT molecular complexity index is 663. The Morgan fingerprint density at radius 2 is 2.19 bits per heavy atom. The summed E-state index contributed by atoms with van der Waals surface area (Å²) in [5, 5.41) is 11.8. The number of rotatable bonds is 7. The maximum absolute atomic E-state index is 12.5. The normalized spacial score (nSPS) is 12.5. The van der Waals surface area contributed by atoms with Crippen LogP contribution in [0.5, 0.6) is 0 Å². The number of carboxylic acids is 1. The largest absolute Gasteiger partial charge is 0.481 e. The molecule has 0 fully saturated rings. The molecule has 0 bridgehead atoms. The molecule has 2 aromatic rings. The fraction of sp³-hybridized carbons (Fsp3) is 0.400. The van der Waals surface area contributed by atoms with Crippen molar-refractivity contribution in [2.75, 3.05) is 6.54 Å². The second-order valence-electron chi connectivity index (χ2n) is 4.97. The summed E-state index contributed by atoms with van der Waals surface area (Å²) in [5.41, 5.74) is 2.27. The van der Waals surface area contributed by atoms with Crippen LogP contribution >= 0.6 is 0 Å². The van der Waals surface area contributed by atoms with Crippen molar-refractivity contribution < 1.29 is 14.7 Å². The van der Waals surface area contributed by atoms with Crippen LogP contribution in [0.15, 0.2) is 24.5 Å². The molecule has 0 saturated carbocycles. The number of imidazole rings is 1. The summed E-state index contributed by atoms with van der Waals surface area (Å²) >= 11 is 0. The third-order valence-electron chi connectivity index (χ3n) is 3.42. The molecule has 0 spiro atoms. The minimum Gasteiger partial charge on any atom is -0.481 e. The highest BCUT2D eigenvalue weighted by Crippen LogP contribution is 2.16. The predicted octanol–water partition coefficient (Wildman–Crippen LogP) is 1.60. The van der Waals surface area contributed by atoms with E-state index in [9.17, 15) is 9.59 Å². The molecule has 6 heteroatoms. The van der Waals surface area contributed by atoms with E-state index in [4.69, 9.17) is 5.11 Å². The van der Waals surface area contributed by atoms with Gasteiger partial charge in [-0.15, -0.1) is 0 Å². The third-order valence-corrected chi connectivity index (χ3v) is 3.42. The smallest absolute Gasteiger partial charge is 0.303 e. The lowest BCUT2D eigenvalue weighted by Crippen LogP contribution is -2.37. The molecule has 1 atom stereocenters. The summed E-state index contributed by atoms with van der Waals surface area (Å²) in [4.78, 5) is 27.4. The summed E-state index contributed by atoms with van der Waals surface area (Å²) < 4.78 is 1.88. The average Bonchev–Trinajstić information content (AvgIpc) is 2.83. The van der Waals surface area contributed by atoms with Gasteiger partial charge in [-0.05, 0) is 31.2 Å². The number of ketones is 1. The molecule has 6 nitrogen and oxygen atoms in total. The first-order chi connectivity index (χ1) is 10.0. The van der Waals surface area contributed by atoms with Crippen LogP contribution in [0.25, 0.3) is 11.0 Å². The average molecular weight is 289 g/mol. The number of aliphatic carboxylic acids is 1. The van der Waals surface area contributed by atoms with Crippen molar-refractivity contribution in [3.63, 3.8) is 0 Å².